The average Bonchev–Trinajstić information content (AvgIpc) is 2.78. The van der Waals surface area contributed by atoms with E-state index in [1.165, 1.54) is 49.8 Å². The van der Waals surface area contributed by atoms with E-state index in [0.29, 0.717) is 6.04 Å². The zero-order valence-electron chi connectivity index (χ0n) is 11.8. The van der Waals surface area contributed by atoms with Crippen LogP contribution in [-0.4, -0.2) is 6.54 Å². The van der Waals surface area contributed by atoms with Crippen LogP contribution in [0.5, 0.6) is 0 Å². The van der Waals surface area contributed by atoms with Gasteiger partial charge in [0.1, 0.15) is 0 Å². The van der Waals surface area contributed by atoms with Crippen molar-refractivity contribution in [1.82, 2.24) is 5.32 Å². The second-order valence-electron chi connectivity index (χ2n) is 5.26. The molecule has 1 aromatic rings. The zero-order chi connectivity index (χ0) is 13.5. The Balaban J connectivity index is 2.15. The first kappa shape index (κ1) is 15.1. The fourth-order valence-electron chi connectivity index (χ4n) is 2.67. The molecule has 1 heterocycles. The Morgan fingerprint density at radius 1 is 1.26 bits per heavy atom. The second-order valence-corrected chi connectivity index (χ2v) is 7.01. The minimum Gasteiger partial charge on any atom is -0.306 e. The van der Waals surface area contributed by atoms with Gasteiger partial charge in [-0.15, -0.1) is 11.3 Å². The molecule has 0 spiro atoms. The standard InChI is InChI=1S/C16H24ClNS/c1-2-12-18-16(14-10-11-15(17)19-14)13-8-6-4-3-5-7-9-13/h8,10-11,16,18H,2-7,9,12H2,1H3/b13-8+. The molecular formula is C16H24ClNS. The highest BCUT2D eigenvalue weighted by Gasteiger charge is 2.18. The number of nitrogens with one attached hydrogen (secondary N) is 1. The molecule has 0 amide bonds. The van der Waals surface area contributed by atoms with Gasteiger partial charge < -0.3 is 5.32 Å². The van der Waals surface area contributed by atoms with Crippen LogP contribution in [0.3, 0.4) is 0 Å². The summed E-state index contributed by atoms with van der Waals surface area (Å²) in [6.07, 6.45) is 11.5. The van der Waals surface area contributed by atoms with Crippen LogP contribution >= 0.6 is 22.9 Å². The number of halogens is 1. The van der Waals surface area contributed by atoms with Gasteiger partial charge in [0.15, 0.2) is 0 Å². The Labute approximate surface area is 126 Å². The molecule has 106 valence electrons. The van der Waals surface area contributed by atoms with Gasteiger partial charge in [-0.05, 0) is 50.8 Å². The van der Waals surface area contributed by atoms with Crippen molar-refractivity contribution in [2.75, 3.05) is 6.54 Å². The molecule has 1 aliphatic carbocycles. The van der Waals surface area contributed by atoms with Crippen molar-refractivity contribution >= 4 is 22.9 Å². The third kappa shape index (κ3) is 4.62. The Bertz CT molecular complexity index is 411. The summed E-state index contributed by atoms with van der Waals surface area (Å²) >= 11 is 7.82. The number of allylic oxidation sites excluding steroid dienone is 1. The second kappa shape index (κ2) is 8.08. The molecule has 1 aromatic heterocycles. The van der Waals surface area contributed by atoms with E-state index in [9.17, 15) is 0 Å². The molecule has 2 rings (SSSR count). The minimum atomic E-state index is 0.385. The van der Waals surface area contributed by atoms with Gasteiger partial charge in [0.05, 0.1) is 10.4 Å². The van der Waals surface area contributed by atoms with Crippen LogP contribution in [-0.2, 0) is 0 Å². The lowest BCUT2D eigenvalue weighted by Gasteiger charge is -2.22. The molecule has 1 N–H and O–H groups in total. The largest absolute Gasteiger partial charge is 0.306 e. The van der Waals surface area contributed by atoms with E-state index in [1.54, 1.807) is 16.9 Å². The summed E-state index contributed by atoms with van der Waals surface area (Å²) in [6.45, 7) is 3.29. The fourth-order valence-corrected chi connectivity index (χ4v) is 3.85. The first-order valence-electron chi connectivity index (χ1n) is 7.49. The van der Waals surface area contributed by atoms with E-state index < -0.39 is 0 Å². The van der Waals surface area contributed by atoms with Gasteiger partial charge in [0, 0.05) is 4.88 Å². The lowest BCUT2D eigenvalue weighted by Crippen LogP contribution is -2.23. The van der Waals surface area contributed by atoms with Crippen molar-refractivity contribution in [2.24, 2.45) is 0 Å². The lowest BCUT2D eigenvalue weighted by molar-refractivity contribution is 0.545. The van der Waals surface area contributed by atoms with Gasteiger partial charge in [-0.25, -0.2) is 0 Å². The number of rotatable bonds is 5. The molecule has 1 nitrogen and oxygen atoms in total. The molecule has 0 saturated carbocycles. The molecular weight excluding hydrogens is 274 g/mol. The molecule has 0 radical (unpaired) electrons. The maximum Gasteiger partial charge on any atom is 0.0931 e. The van der Waals surface area contributed by atoms with Crippen LogP contribution < -0.4 is 5.32 Å². The van der Waals surface area contributed by atoms with Crippen LogP contribution in [0.4, 0.5) is 0 Å². The van der Waals surface area contributed by atoms with E-state index in [-0.39, 0.29) is 0 Å². The quantitative estimate of drug-likeness (QED) is 0.685. The van der Waals surface area contributed by atoms with Crippen molar-refractivity contribution in [3.8, 4) is 0 Å². The van der Waals surface area contributed by atoms with Crippen LogP contribution in [0.15, 0.2) is 23.8 Å². The highest BCUT2D eigenvalue weighted by Crippen LogP contribution is 2.34. The van der Waals surface area contributed by atoms with Crippen molar-refractivity contribution in [3.63, 3.8) is 0 Å². The predicted molar refractivity (Wildman–Crippen MR) is 86.1 cm³/mol. The van der Waals surface area contributed by atoms with Crippen LogP contribution in [0.1, 0.15) is 62.8 Å². The van der Waals surface area contributed by atoms with Crippen LogP contribution in [0.25, 0.3) is 0 Å². The molecule has 19 heavy (non-hydrogen) atoms. The van der Waals surface area contributed by atoms with E-state index in [0.717, 1.165) is 10.9 Å². The van der Waals surface area contributed by atoms with Crippen molar-refractivity contribution < 1.29 is 0 Å². The topological polar surface area (TPSA) is 12.0 Å². The van der Waals surface area contributed by atoms with Crippen molar-refractivity contribution in [3.05, 3.63) is 33.0 Å². The number of hydrogen-bond acceptors (Lipinski definition) is 2. The Morgan fingerprint density at radius 3 is 2.84 bits per heavy atom. The summed E-state index contributed by atoms with van der Waals surface area (Å²) in [5.74, 6) is 0. The SMILES string of the molecule is CCCNC(/C1=C/CCCCCC1)c1ccc(Cl)s1. The molecule has 0 saturated heterocycles. The smallest absolute Gasteiger partial charge is 0.0931 e. The third-order valence-corrected chi connectivity index (χ3v) is 4.97. The monoisotopic (exact) mass is 297 g/mol. The van der Waals surface area contributed by atoms with E-state index >= 15 is 0 Å². The zero-order valence-corrected chi connectivity index (χ0v) is 13.3. The van der Waals surface area contributed by atoms with Gasteiger partial charge >= 0.3 is 0 Å². The van der Waals surface area contributed by atoms with Crippen LogP contribution in [0, 0.1) is 0 Å². The summed E-state index contributed by atoms with van der Waals surface area (Å²) < 4.78 is 0.893. The number of hydrogen-bond donors (Lipinski definition) is 1. The molecule has 0 fully saturated rings. The van der Waals surface area contributed by atoms with Crippen LogP contribution in [0.2, 0.25) is 4.34 Å². The van der Waals surface area contributed by atoms with E-state index in [2.05, 4.69) is 24.4 Å². The number of thiophene rings is 1. The van der Waals surface area contributed by atoms with Crippen molar-refractivity contribution in [2.45, 2.75) is 57.9 Å². The summed E-state index contributed by atoms with van der Waals surface area (Å²) in [5.41, 5.74) is 1.58. The van der Waals surface area contributed by atoms with Gasteiger partial charge in [0.2, 0.25) is 0 Å². The molecule has 1 unspecified atom stereocenters. The summed E-state index contributed by atoms with van der Waals surface area (Å²) in [4.78, 5) is 1.37. The van der Waals surface area contributed by atoms with E-state index in [4.69, 9.17) is 11.6 Å². The molecule has 1 aliphatic rings. The molecule has 0 aromatic carbocycles. The van der Waals surface area contributed by atoms with Crippen molar-refractivity contribution in [1.29, 1.82) is 0 Å². The third-order valence-electron chi connectivity index (χ3n) is 3.67. The molecule has 0 bridgehead atoms. The molecule has 0 aliphatic heterocycles. The van der Waals surface area contributed by atoms with Gasteiger partial charge in [0.25, 0.3) is 0 Å². The first-order valence-corrected chi connectivity index (χ1v) is 8.68. The Morgan fingerprint density at radius 2 is 2.11 bits per heavy atom. The normalized spacial score (nSPS) is 21.3. The average molecular weight is 298 g/mol. The summed E-state index contributed by atoms with van der Waals surface area (Å²) in [6, 6.07) is 4.58. The highest BCUT2D eigenvalue weighted by molar-refractivity contribution is 7.16. The van der Waals surface area contributed by atoms with Gasteiger partial charge in [-0.3, -0.25) is 0 Å². The Kier molecular flexibility index (Phi) is 6.42. The minimum absolute atomic E-state index is 0.385. The fraction of sp³-hybridized carbons (Fsp3) is 0.625. The van der Waals surface area contributed by atoms with Gasteiger partial charge in [-0.1, -0.05) is 43.0 Å². The summed E-state index contributed by atoms with van der Waals surface area (Å²) in [5, 5.41) is 3.70. The lowest BCUT2D eigenvalue weighted by atomic mass is 9.94. The van der Waals surface area contributed by atoms with Gasteiger partial charge in [-0.2, -0.15) is 0 Å². The first-order chi connectivity index (χ1) is 9.31. The predicted octanol–water partition coefficient (Wildman–Crippen LogP) is 5.72. The highest BCUT2D eigenvalue weighted by atomic mass is 35.5. The summed E-state index contributed by atoms with van der Waals surface area (Å²) in [7, 11) is 0. The maximum atomic E-state index is 6.11. The molecule has 3 heteroatoms. The Hall–Kier alpha value is -0.310. The van der Waals surface area contributed by atoms with E-state index in [1.807, 2.05) is 6.07 Å². The molecule has 1 atom stereocenters. The maximum absolute atomic E-state index is 6.11.